The Bertz CT molecular complexity index is 787. The fourth-order valence-electron chi connectivity index (χ4n) is 3.57. The van der Waals surface area contributed by atoms with E-state index in [1.807, 2.05) is 12.1 Å². The van der Waals surface area contributed by atoms with E-state index in [2.05, 4.69) is 30.5 Å². The highest BCUT2D eigenvalue weighted by Crippen LogP contribution is 2.31. The van der Waals surface area contributed by atoms with Crippen LogP contribution in [0.1, 0.15) is 24.0 Å². The number of carbonyl (C=O) groups excluding carboxylic acids is 1. The third-order valence-electron chi connectivity index (χ3n) is 5.20. The first-order valence-corrected chi connectivity index (χ1v) is 8.94. The van der Waals surface area contributed by atoms with Crippen molar-refractivity contribution >= 4 is 17.5 Å². The Labute approximate surface area is 152 Å². The first-order valence-electron chi connectivity index (χ1n) is 8.94. The SMILES string of the molecule is NC1(C(=O)NCc2ccncc2)CCN(c2ncnc3c2CCN3)CC1. The molecular formula is C18H23N7O. The van der Waals surface area contributed by atoms with Gasteiger partial charge in [0.2, 0.25) is 5.91 Å². The van der Waals surface area contributed by atoms with Crippen molar-refractivity contribution in [3.63, 3.8) is 0 Å². The minimum absolute atomic E-state index is 0.0939. The molecule has 8 heteroatoms. The summed E-state index contributed by atoms with van der Waals surface area (Å²) in [5.41, 5.74) is 7.77. The van der Waals surface area contributed by atoms with Gasteiger partial charge in [0, 0.05) is 44.1 Å². The van der Waals surface area contributed by atoms with Crippen LogP contribution in [0.3, 0.4) is 0 Å². The second-order valence-electron chi connectivity index (χ2n) is 6.88. The van der Waals surface area contributed by atoms with Gasteiger partial charge in [-0.3, -0.25) is 9.78 Å². The summed E-state index contributed by atoms with van der Waals surface area (Å²) in [5, 5.41) is 6.23. The molecule has 1 saturated heterocycles. The maximum atomic E-state index is 12.6. The largest absolute Gasteiger partial charge is 0.369 e. The molecule has 0 spiro atoms. The Kier molecular flexibility index (Phi) is 4.42. The van der Waals surface area contributed by atoms with Gasteiger partial charge in [-0.15, -0.1) is 0 Å². The molecule has 0 bridgehead atoms. The molecule has 1 amide bonds. The molecule has 2 aromatic heterocycles. The number of carbonyl (C=O) groups is 1. The molecule has 0 unspecified atom stereocenters. The van der Waals surface area contributed by atoms with E-state index in [0.29, 0.717) is 32.5 Å². The number of hydrogen-bond acceptors (Lipinski definition) is 7. The molecule has 26 heavy (non-hydrogen) atoms. The van der Waals surface area contributed by atoms with Crippen LogP contribution in [0.25, 0.3) is 0 Å². The van der Waals surface area contributed by atoms with Gasteiger partial charge in [-0.25, -0.2) is 9.97 Å². The molecule has 4 N–H and O–H groups in total. The van der Waals surface area contributed by atoms with E-state index in [-0.39, 0.29) is 5.91 Å². The molecule has 0 saturated carbocycles. The zero-order valence-corrected chi connectivity index (χ0v) is 14.6. The van der Waals surface area contributed by atoms with Crippen LogP contribution >= 0.6 is 0 Å². The van der Waals surface area contributed by atoms with E-state index in [1.54, 1.807) is 18.7 Å². The summed E-state index contributed by atoms with van der Waals surface area (Å²) in [6.45, 7) is 2.79. The van der Waals surface area contributed by atoms with E-state index >= 15 is 0 Å². The summed E-state index contributed by atoms with van der Waals surface area (Å²) >= 11 is 0. The predicted molar refractivity (Wildman–Crippen MR) is 98.7 cm³/mol. The highest BCUT2D eigenvalue weighted by molar-refractivity contribution is 5.86. The zero-order chi connectivity index (χ0) is 18.0. The fourth-order valence-corrected chi connectivity index (χ4v) is 3.57. The van der Waals surface area contributed by atoms with Gasteiger partial charge >= 0.3 is 0 Å². The van der Waals surface area contributed by atoms with E-state index in [1.165, 1.54) is 5.56 Å². The molecular weight excluding hydrogens is 330 g/mol. The van der Waals surface area contributed by atoms with Crippen molar-refractivity contribution in [2.45, 2.75) is 31.3 Å². The van der Waals surface area contributed by atoms with Crippen molar-refractivity contribution in [3.05, 3.63) is 42.0 Å². The molecule has 2 aromatic rings. The average molecular weight is 353 g/mol. The van der Waals surface area contributed by atoms with Crippen LogP contribution in [0.2, 0.25) is 0 Å². The van der Waals surface area contributed by atoms with E-state index in [9.17, 15) is 4.79 Å². The molecule has 0 radical (unpaired) electrons. The summed E-state index contributed by atoms with van der Waals surface area (Å²) < 4.78 is 0. The number of nitrogens with one attached hydrogen (secondary N) is 2. The lowest BCUT2D eigenvalue weighted by atomic mass is 9.87. The maximum absolute atomic E-state index is 12.6. The van der Waals surface area contributed by atoms with Gasteiger partial charge in [0.15, 0.2) is 0 Å². The minimum atomic E-state index is -0.835. The molecule has 2 aliphatic rings. The normalized spacial score (nSPS) is 18.1. The van der Waals surface area contributed by atoms with Gasteiger partial charge in [0.1, 0.15) is 18.0 Å². The van der Waals surface area contributed by atoms with Crippen LogP contribution in [0, 0.1) is 0 Å². The third-order valence-corrected chi connectivity index (χ3v) is 5.20. The van der Waals surface area contributed by atoms with Crippen LogP contribution in [0.15, 0.2) is 30.9 Å². The van der Waals surface area contributed by atoms with Crippen LogP contribution in [-0.4, -0.2) is 46.0 Å². The summed E-state index contributed by atoms with van der Waals surface area (Å²) in [4.78, 5) is 27.6. The summed E-state index contributed by atoms with van der Waals surface area (Å²) in [6, 6.07) is 3.77. The molecule has 8 nitrogen and oxygen atoms in total. The van der Waals surface area contributed by atoms with Gasteiger partial charge in [-0.05, 0) is 37.0 Å². The zero-order valence-electron chi connectivity index (χ0n) is 14.6. The van der Waals surface area contributed by atoms with E-state index in [4.69, 9.17) is 5.73 Å². The number of amides is 1. The summed E-state index contributed by atoms with van der Waals surface area (Å²) in [7, 11) is 0. The Balaban J connectivity index is 1.38. The van der Waals surface area contributed by atoms with E-state index in [0.717, 1.165) is 30.2 Å². The first kappa shape index (κ1) is 16.7. The standard InChI is InChI=1S/C18H23N7O/c19-18(17(26)22-11-13-1-6-20-7-2-13)4-9-25(10-5-18)16-14-3-8-21-15(14)23-12-24-16/h1-2,6-7,12H,3-5,8-11,19H2,(H,22,26)(H,21,23,24). The number of pyridine rings is 1. The third kappa shape index (κ3) is 3.20. The van der Waals surface area contributed by atoms with E-state index < -0.39 is 5.54 Å². The Morgan fingerprint density at radius 1 is 1.27 bits per heavy atom. The van der Waals surface area contributed by atoms with Gasteiger partial charge in [-0.1, -0.05) is 0 Å². The second kappa shape index (κ2) is 6.87. The van der Waals surface area contributed by atoms with Gasteiger partial charge in [0.05, 0.1) is 5.54 Å². The second-order valence-corrected chi connectivity index (χ2v) is 6.88. The molecule has 4 heterocycles. The summed E-state index contributed by atoms with van der Waals surface area (Å²) in [5.74, 6) is 1.80. The van der Waals surface area contributed by atoms with Gasteiger partial charge in [-0.2, -0.15) is 0 Å². The highest BCUT2D eigenvalue weighted by atomic mass is 16.2. The van der Waals surface area contributed by atoms with Gasteiger partial charge < -0.3 is 21.3 Å². The predicted octanol–water partition coefficient (Wildman–Crippen LogP) is 0.454. The average Bonchev–Trinajstić information content (AvgIpc) is 3.16. The highest BCUT2D eigenvalue weighted by Gasteiger charge is 2.38. The number of piperidine rings is 1. The fraction of sp³-hybridized carbons (Fsp3) is 0.444. The Morgan fingerprint density at radius 2 is 2.04 bits per heavy atom. The molecule has 0 aromatic carbocycles. The van der Waals surface area contributed by atoms with Crippen molar-refractivity contribution in [2.24, 2.45) is 5.73 Å². The molecule has 1 fully saturated rings. The van der Waals surface area contributed by atoms with Crippen molar-refractivity contribution < 1.29 is 4.79 Å². The lowest BCUT2D eigenvalue weighted by Gasteiger charge is -2.39. The molecule has 2 aliphatic heterocycles. The topological polar surface area (TPSA) is 109 Å². The Hall–Kier alpha value is -2.74. The molecule has 0 aliphatic carbocycles. The number of aromatic nitrogens is 3. The van der Waals surface area contributed by atoms with Crippen LogP contribution < -0.4 is 21.3 Å². The quantitative estimate of drug-likeness (QED) is 0.732. The molecule has 0 atom stereocenters. The van der Waals surface area contributed by atoms with Crippen LogP contribution in [0.5, 0.6) is 0 Å². The number of hydrogen-bond donors (Lipinski definition) is 3. The number of fused-ring (bicyclic) bond motifs is 1. The number of nitrogens with two attached hydrogens (primary N) is 1. The van der Waals surface area contributed by atoms with Crippen LogP contribution in [0.4, 0.5) is 11.6 Å². The van der Waals surface area contributed by atoms with Crippen molar-refractivity contribution in [1.29, 1.82) is 0 Å². The molecule has 4 rings (SSSR count). The first-order chi connectivity index (χ1) is 12.7. The van der Waals surface area contributed by atoms with Crippen molar-refractivity contribution in [2.75, 3.05) is 29.9 Å². The monoisotopic (exact) mass is 353 g/mol. The van der Waals surface area contributed by atoms with Gasteiger partial charge in [0.25, 0.3) is 0 Å². The van der Waals surface area contributed by atoms with Crippen molar-refractivity contribution in [1.82, 2.24) is 20.3 Å². The number of anilines is 2. The number of rotatable bonds is 4. The molecule has 136 valence electrons. The maximum Gasteiger partial charge on any atom is 0.240 e. The van der Waals surface area contributed by atoms with Crippen molar-refractivity contribution in [3.8, 4) is 0 Å². The minimum Gasteiger partial charge on any atom is -0.369 e. The lowest BCUT2D eigenvalue weighted by molar-refractivity contribution is -0.127. The van der Waals surface area contributed by atoms with Crippen LogP contribution in [-0.2, 0) is 17.8 Å². The smallest absolute Gasteiger partial charge is 0.240 e. The lowest BCUT2D eigenvalue weighted by Crippen LogP contribution is -2.59. The summed E-state index contributed by atoms with van der Waals surface area (Å²) in [6.07, 6.45) is 7.16. The Morgan fingerprint density at radius 3 is 2.81 bits per heavy atom. The number of nitrogens with zero attached hydrogens (tertiary/aromatic N) is 4.